The molecule has 4 heteroatoms. The third-order valence-corrected chi connectivity index (χ3v) is 8.24. The molecule has 0 heterocycles. The van der Waals surface area contributed by atoms with Crippen LogP contribution in [0.2, 0.25) is 3.63 Å². The first kappa shape index (κ1) is 20.2. The fourth-order valence-electron chi connectivity index (χ4n) is 1.85. The minimum Gasteiger partial charge on any atom is -1.00 e. The number of hydrogen-bond acceptors (Lipinski definition) is 1. The summed E-state index contributed by atoms with van der Waals surface area (Å²) in [6.07, 6.45) is 0. The molecule has 1 rings (SSSR count). The van der Waals surface area contributed by atoms with E-state index in [1.165, 1.54) is 11.1 Å². The normalized spacial score (nSPS) is 16.6. The van der Waals surface area contributed by atoms with E-state index in [2.05, 4.69) is 51.7 Å². The first-order valence-electron chi connectivity index (χ1n) is 5.62. The van der Waals surface area contributed by atoms with Crippen molar-refractivity contribution in [2.45, 2.75) is 57.6 Å². The average Bonchev–Trinajstić information content (AvgIpc) is 2.28. The Labute approximate surface area is 131 Å². The molecule has 0 aromatic carbocycles. The average molecular weight is 355 g/mol. The summed E-state index contributed by atoms with van der Waals surface area (Å²) in [6, 6.07) is 0. The largest absolute Gasteiger partial charge is 1.00 e. The summed E-state index contributed by atoms with van der Waals surface area (Å²) in [6.45, 7) is 16.0. The molecule has 0 unspecified atom stereocenters. The molecule has 0 aromatic heterocycles. The summed E-state index contributed by atoms with van der Waals surface area (Å²) in [7, 11) is 0. The fourth-order valence-corrected chi connectivity index (χ4v) is 5.40. The minimum atomic E-state index is -0.533. The summed E-state index contributed by atoms with van der Waals surface area (Å²) in [5.74, 6) is 0. The third-order valence-electron chi connectivity index (χ3n) is 3.20. The predicted octanol–water partition coefficient (Wildman–Crippen LogP) is -2.15. The van der Waals surface area contributed by atoms with E-state index in [9.17, 15) is 0 Å². The first-order chi connectivity index (χ1) is 6.74. The van der Waals surface area contributed by atoms with E-state index >= 15 is 0 Å². The van der Waals surface area contributed by atoms with Crippen LogP contribution in [0.4, 0.5) is 0 Å². The Kier molecular flexibility index (Phi) is 8.90. The molecule has 0 amide bonds. The molecule has 0 saturated carbocycles. The summed E-state index contributed by atoms with van der Waals surface area (Å²) in [5, 5.41) is 0. The van der Waals surface area contributed by atoms with Gasteiger partial charge in [0, 0.05) is 0 Å². The van der Waals surface area contributed by atoms with Crippen LogP contribution in [-0.2, 0) is 23.5 Å². The van der Waals surface area contributed by atoms with Gasteiger partial charge in [0.05, 0.1) is 0 Å². The zero-order valence-corrected chi connectivity index (χ0v) is 15.8. The SMILES string of the molecule is CC1=C(C)[CH]([Zr+2][NH]C(C)(C)C)C(C)=C1C.[Cl-].[Cl-]. The molecule has 1 nitrogen and oxygen atoms in total. The standard InChI is InChI=1S/C9H13.C4H10N.2ClH.Zr/c1-6-5-7(2)9(4)8(6)3;1-4(2,3)5;;;/h5H,1-4H3;5H,1-3H3;2*1H;/q;-1;;;+3/p-2. The Balaban J connectivity index is 0. The molecule has 98 valence electrons. The van der Waals surface area contributed by atoms with Crippen LogP contribution >= 0.6 is 0 Å². The Bertz CT molecular complexity index is 303. The number of halogens is 2. The number of allylic oxidation sites excluding steroid dienone is 4. The Morgan fingerprint density at radius 2 is 1.24 bits per heavy atom. The van der Waals surface area contributed by atoms with Crippen molar-refractivity contribution in [2.75, 3.05) is 0 Å². The monoisotopic (exact) mass is 353 g/mol. The molecule has 0 saturated heterocycles. The second-order valence-electron chi connectivity index (χ2n) is 5.57. The van der Waals surface area contributed by atoms with Crippen molar-refractivity contribution in [1.82, 2.24) is 3.26 Å². The molecule has 17 heavy (non-hydrogen) atoms. The van der Waals surface area contributed by atoms with Crippen LogP contribution in [0.5, 0.6) is 0 Å². The van der Waals surface area contributed by atoms with Gasteiger partial charge in [0.1, 0.15) is 0 Å². The maximum absolute atomic E-state index is 3.77. The maximum Gasteiger partial charge on any atom is -1.00 e. The molecular formula is C13H23Cl2NZr. The van der Waals surface area contributed by atoms with Crippen molar-refractivity contribution in [1.29, 1.82) is 0 Å². The minimum absolute atomic E-state index is 0. The van der Waals surface area contributed by atoms with Crippen molar-refractivity contribution in [3.8, 4) is 0 Å². The Morgan fingerprint density at radius 1 is 0.882 bits per heavy atom. The van der Waals surface area contributed by atoms with E-state index in [1.807, 2.05) is 0 Å². The Morgan fingerprint density at radius 3 is 1.53 bits per heavy atom. The van der Waals surface area contributed by atoms with Gasteiger partial charge >= 0.3 is 107 Å². The molecule has 1 aliphatic carbocycles. The van der Waals surface area contributed by atoms with Crippen molar-refractivity contribution < 1.29 is 48.3 Å². The van der Waals surface area contributed by atoms with E-state index in [0.29, 0.717) is 0 Å². The van der Waals surface area contributed by atoms with Crippen molar-refractivity contribution in [3.63, 3.8) is 0 Å². The molecule has 0 aromatic rings. The van der Waals surface area contributed by atoms with E-state index in [0.717, 1.165) is 3.63 Å². The van der Waals surface area contributed by atoms with Gasteiger partial charge in [-0.05, 0) is 0 Å². The maximum atomic E-state index is 3.77. The number of nitrogens with one attached hydrogen (secondary N) is 1. The summed E-state index contributed by atoms with van der Waals surface area (Å²) < 4.78 is 4.55. The topological polar surface area (TPSA) is 12.0 Å². The van der Waals surface area contributed by atoms with E-state index in [-0.39, 0.29) is 30.4 Å². The van der Waals surface area contributed by atoms with Crippen molar-refractivity contribution >= 4 is 0 Å². The second-order valence-corrected chi connectivity index (χ2v) is 8.31. The first-order valence-corrected chi connectivity index (χ1v) is 8.26. The van der Waals surface area contributed by atoms with Crippen LogP contribution in [0.15, 0.2) is 22.3 Å². The van der Waals surface area contributed by atoms with Crippen molar-refractivity contribution in [3.05, 3.63) is 22.3 Å². The van der Waals surface area contributed by atoms with Crippen LogP contribution in [0, 0.1) is 0 Å². The van der Waals surface area contributed by atoms with Gasteiger partial charge in [0.25, 0.3) is 0 Å². The van der Waals surface area contributed by atoms with Crippen molar-refractivity contribution in [2.24, 2.45) is 0 Å². The van der Waals surface area contributed by atoms with Crippen LogP contribution < -0.4 is 28.1 Å². The molecule has 0 fully saturated rings. The zero-order valence-electron chi connectivity index (χ0n) is 11.8. The van der Waals surface area contributed by atoms with Gasteiger partial charge in [-0.3, -0.25) is 0 Å². The van der Waals surface area contributed by atoms with Crippen LogP contribution in [-0.4, -0.2) is 5.54 Å². The number of hydrogen-bond donors (Lipinski definition) is 1. The molecule has 1 N–H and O–H groups in total. The number of rotatable bonds is 2. The fraction of sp³-hybridized carbons (Fsp3) is 0.692. The van der Waals surface area contributed by atoms with E-state index < -0.39 is 23.5 Å². The molecule has 0 bridgehead atoms. The summed E-state index contributed by atoms with van der Waals surface area (Å²) in [4.78, 5) is 0. The Hall–Kier alpha value is 0.903. The van der Waals surface area contributed by atoms with Gasteiger partial charge in [0.15, 0.2) is 0 Å². The van der Waals surface area contributed by atoms with Crippen LogP contribution in [0.3, 0.4) is 0 Å². The second kappa shape index (κ2) is 7.48. The summed E-state index contributed by atoms with van der Waals surface area (Å²) >= 11 is -0.533. The summed E-state index contributed by atoms with van der Waals surface area (Å²) in [5.41, 5.74) is 6.60. The van der Waals surface area contributed by atoms with Gasteiger partial charge in [0.2, 0.25) is 0 Å². The third kappa shape index (κ3) is 5.19. The molecule has 0 radical (unpaired) electrons. The van der Waals surface area contributed by atoms with Gasteiger partial charge < -0.3 is 24.8 Å². The van der Waals surface area contributed by atoms with Crippen LogP contribution in [0.25, 0.3) is 0 Å². The van der Waals surface area contributed by atoms with Gasteiger partial charge in [-0.25, -0.2) is 0 Å². The van der Waals surface area contributed by atoms with Gasteiger partial charge in [-0.1, -0.05) is 0 Å². The molecule has 0 spiro atoms. The molecule has 1 aliphatic rings. The van der Waals surface area contributed by atoms with Crippen LogP contribution in [0.1, 0.15) is 48.5 Å². The molecular weight excluding hydrogens is 332 g/mol. The molecule has 0 aliphatic heterocycles. The van der Waals surface area contributed by atoms with E-state index in [4.69, 9.17) is 0 Å². The van der Waals surface area contributed by atoms with E-state index in [1.54, 1.807) is 11.1 Å². The van der Waals surface area contributed by atoms with Gasteiger partial charge in [-0.2, -0.15) is 0 Å². The molecule has 0 atom stereocenters. The zero-order chi connectivity index (χ0) is 11.8. The smallest absolute Gasteiger partial charge is 1.00 e. The predicted molar refractivity (Wildman–Crippen MR) is 63.4 cm³/mol. The van der Waals surface area contributed by atoms with Gasteiger partial charge in [-0.15, -0.1) is 0 Å². The quantitative estimate of drug-likeness (QED) is 0.596.